The number of methoxy groups -OCH3 is 1. The molecule has 2 aromatic carbocycles. The number of ether oxygens (including phenoxy) is 1. The molecule has 0 unspecified atom stereocenters. The Kier molecular flexibility index (Phi) is 4.56. The second-order valence-corrected chi connectivity index (χ2v) is 8.77. The molecule has 0 saturated carbocycles. The number of imidazole rings is 1. The molecular formula is C20H24N2O3S. The number of hydrogen-bond acceptors (Lipinski definition) is 4. The zero-order valence-corrected chi connectivity index (χ0v) is 16.8. The molecule has 138 valence electrons. The molecule has 0 saturated heterocycles. The van der Waals surface area contributed by atoms with Gasteiger partial charge in [-0.3, -0.25) is 0 Å². The number of aromatic nitrogens is 2. The number of benzene rings is 2. The van der Waals surface area contributed by atoms with Crippen LogP contribution in [0.1, 0.15) is 42.0 Å². The van der Waals surface area contributed by atoms with Gasteiger partial charge in [-0.1, -0.05) is 13.8 Å². The van der Waals surface area contributed by atoms with Crippen molar-refractivity contribution in [1.82, 2.24) is 8.96 Å². The monoisotopic (exact) mass is 372 g/mol. The molecular weight excluding hydrogens is 348 g/mol. The van der Waals surface area contributed by atoms with Crippen LogP contribution in [0.25, 0.3) is 11.0 Å². The lowest BCUT2D eigenvalue weighted by molar-refractivity contribution is 0.406. The summed E-state index contributed by atoms with van der Waals surface area (Å²) in [5, 5.41) is 0. The van der Waals surface area contributed by atoms with E-state index in [2.05, 4.69) is 4.98 Å². The highest BCUT2D eigenvalue weighted by Gasteiger charge is 2.24. The number of fused-ring (bicyclic) bond motifs is 1. The topological polar surface area (TPSA) is 61.2 Å². The van der Waals surface area contributed by atoms with Crippen molar-refractivity contribution in [2.75, 3.05) is 7.11 Å². The van der Waals surface area contributed by atoms with E-state index in [1.807, 2.05) is 39.8 Å². The van der Waals surface area contributed by atoms with Gasteiger partial charge in [-0.25, -0.2) is 17.4 Å². The summed E-state index contributed by atoms with van der Waals surface area (Å²) in [7, 11) is -2.16. The van der Waals surface area contributed by atoms with Gasteiger partial charge in [-0.05, 0) is 73.2 Å². The van der Waals surface area contributed by atoms with E-state index in [1.165, 1.54) is 10.3 Å². The van der Waals surface area contributed by atoms with Gasteiger partial charge in [0.1, 0.15) is 12.1 Å². The Balaban J connectivity index is 2.27. The van der Waals surface area contributed by atoms with Crippen LogP contribution in [-0.4, -0.2) is 24.5 Å². The van der Waals surface area contributed by atoms with Gasteiger partial charge < -0.3 is 4.74 Å². The lowest BCUT2D eigenvalue weighted by Gasteiger charge is -2.17. The molecule has 1 aromatic heterocycles. The van der Waals surface area contributed by atoms with Gasteiger partial charge in [-0.15, -0.1) is 0 Å². The van der Waals surface area contributed by atoms with Crippen molar-refractivity contribution in [2.45, 2.75) is 45.4 Å². The zero-order chi connectivity index (χ0) is 19.2. The molecule has 0 fully saturated rings. The van der Waals surface area contributed by atoms with E-state index in [9.17, 15) is 8.42 Å². The van der Waals surface area contributed by atoms with Crippen molar-refractivity contribution < 1.29 is 13.2 Å². The highest BCUT2D eigenvalue weighted by Crippen LogP contribution is 2.33. The fourth-order valence-electron chi connectivity index (χ4n) is 3.12. The number of hydrogen-bond donors (Lipinski definition) is 0. The first-order valence-corrected chi connectivity index (χ1v) is 9.99. The fourth-order valence-corrected chi connectivity index (χ4v) is 4.65. The third-order valence-corrected chi connectivity index (χ3v) is 6.62. The average Bonchev–Trinajstić information content (AvgIpc) is 2.97. The Bertz CT molecular complexity index is 1100. The molecule has 3 rings (SSSR count). The molecule has 0 aliphatic carbocycles. The molecule has 26 heavy (non-hydrogen) atoms. The van der Waals surface area contributed by atoms with Crippen molar-refractivity contribution in [3.8, 4) is 5.75 Å². The normalized spacial score (nSPS) is 12.1. The summed E-state index contributed by atoms with van der Waals surface area (Å²) in [6.07, 6.45) is 1.39. The summed E-state index contributed by atoms with van der Waals surface area (Å²) in [5.74, 6) is 0.849. The second-order valence-electron chi connectivity index (χ2n) is 6.98. The van der Waals surface area contributed by atoms with Crippen molar-refractivity contribution in [2.24, 2.45) is 0 Å². The van der Waals surface area contributed by atoms with Crippen LogP contribution < -0.4 is 4.74 Å². The summed E-state index contributed by atoms with van der Waals surface area (Å²) >= 11 is 0. The average molecular weight is 372 g/mol. The van der Waals surface area contributed by atoms with Crippen LogP contribution in [0.3, 0.4) is 0 Å². The molecule has 3 aromatic rings. The van der Waals surface area contributed by atoms with Gasteiger partial charge in [-0.2, -0.15) is 0 Å². The Hall–Kier alpha value is -2.34. The van der Waals surface area contributed by atoms with Crippen molar-refractivity contribution in [3.63, 3.8) is 0 Å². The highest BCUT2D eigenvalue weighted by atomic mass is 32.2. The van der Waals surface area contributed by atoms with Crippen LogP contribution in [0.2, 0.25) is 0 Å². The van der Waals surface area contributed by atoms with Crippen LogP contribution in [0.4, 0.5) is 0 Å². The minimum atomic E-state index is -3.76. The smallest absolute Gasteiger partial charge is 0.269 e. The predicted molar refractivity (Wildman–Crippen MR) is 104 cm³/mol. The van der Waals surface area contributed by atoms with E-state index in [1.54, 1.807) is 26.2 Å². The molecule has 0 N–H and O–H groups in total. The summed E-state index contributed by atoms with van der Waals surface area (Å²) in [6, 6.07) is 7.30. The molecule has 0 aliphatic heterocycles. The van der Waals surface area contributed by atoms with E-state index >= 15 is 0 Å². The molecule has 0 bridgehead atoms. The van der Waals surface area contributed by atoms with Crippen LogP contribution in [0, 0.1) is 20.8 Å². The Morgan fingerprint density at radius 3 is 2.27 bits per heavy atom. The molecule has 0 spiro atoms. The maximum atomic E-state index is 13.4. The third kappa shape index (κ3) is 2.88. The molecule has 0 atom stereocenters. The first-order chi connectivity index (χ1) is 12.2. The van der Waals surface area contributed by atoms with Gasteiger partial charge >= 0.3 is 0 Å². The van der Waals surface area contributed by atoms with Crippen molar-refractivity contribution >= 4 is 21.1 Å². The van der Waals surface area contributed by atoms with Gasteiger partial charge in [0, 0.05) is 0 Å². The maximum absolute atomic E-state index is 13.4. The predicted octanol–water partition coefficient (Wildman–Crippen LogP) is 4.33. The minimum absolute atomic E-state index is 0.143. The summed E-state index contributed by atoms with van der Waals surface area (Å²) in [6.45, 7) is 9.78. The van der Waals surface area contributed by atoms with Gasteiger partial charge in [0.05, 0.1) is 23.0 Å². The number of rotatable bonds is 4. The first-order valence-electron chi connectivity index (χ1n) is 8.55. The first kappa shape index (κ1) is 18.5. The van der Waals surface area contributed by atoms with E-state index in [0.717, 1.165) is 16.7 Å². The summed E-state index contributed by atoms with van der Waals surface area (Å²) < 4.78 is 33.5. The largest absolute Gasteiger partial charge is 0.496 e. The summed E-state index contributed by atoms with van der Waals surface area (Å²) in [5.41, 5.74) is 4.90. The SMILES string of the molecule is COc1cc(C)c(S(=O)(=O)n2cnc3cc(C)c(C)cc32)cc1C(C)C. The Labute approximate surface area is 154 Å². The molecule has 0 amide bonds. The van der Waals surface area contributed by atoms with Crippen LogP contribution in [0.5, 0.6) is 5.75 Å². The number of aryl methyl sites for hydroxylation is 3. The van der Waals surface area contributed by atoms with E-state index < -0.39 is 10.0 Å². The molecule has 5 nitrogen and oxygen atoms in total. The van der Waals surface area contributed by atoms with Gasteiger partial charge in [0.15, 0.2) is 0 Å². The van der Waals surface area contributed by atoms with Crippen LogP contribution in [-0.2, 0) is 10.0 Å². The standard InChI is InChI=1S/C20H24N2O3S/c1-12(2)16-10-20(15(5)9-19(16)25-6)26(23,24)22-11-21-17-7-13(3)14(4)8-18(17)22/h7-12H,1-6H3. The van der Waals surface area contributed by atoms with Crippen LogP contribution in [0.15, 0.2) is 35.5 Å². The molecule has 1 heterocycles. The van der Waals surface area contributed by atoms with Crippen LogP contribution >= 0.6 is 0 Å². The van der Waals surface area contributed by atoms with Crippen molar-refractivity contribution in [3.05, 3.63) is 52.8 Å². The number of nitrogens with zero attached hydrogens (tertiary/aromatic N) is 2. The fraction of sp³-hybridized carbons (Fsp3) is 0.350. The maximum Gasteiger partial charge on any atom is 0.269 e. The highest BCUT2D eigenvalue weighted by molar-refractivity contribution is 7.90. The van der Waals surface area contributed by atoms with E-state index in [4.69, 9.17) is 4.74 Å². The van der Waals surface area contributed by atoms with Gasteiger partial charge in [0.25, 0.3) is 10.0 Å². The molecule has 0 radical (unpaired) electrons. The molecule has 6 heteroatoms. The minimum Gasteiger partial charge on any atom is -0.496 e. The zero-order valence-electron chi connectivity index (χ0n) is 16.0. The van der Waals surface area contributed by atoms with Gasteiger partial charge in [0.2, 0.25) is 0 Å². The van der Waals surface area contributed by atoms with Crippen molar-refractivity contribution in [1.29, 1.82) is 0 Å². The Morgan fingerprint density at radius 2 is 1.65 bits per heavy atom. The van der Waals surface area contributed by atoms with E-state index in [0.29, 0.717) is 22.3 Å². The summed E-state index contributed by atoms with van der Waals surface area (Å²) in [4.78, 5) is 4.57. The Morgan fingerprint density at radius 1 is 1.00 bits per heavy atom. The third-order valence-electron chi connectivity index (χ3n) is 4.82. The lowest BCUT2D eigenvalue weighted by Crippen LogP contribution is -2.14. The lowest BCUT2D eigenvalue weighted by atomic mass is 10.0. The quantitative estimate of drug-likeness (QED) is 0.684. The molecule has 0 aliphatic rings. The van der Waals surface area contributed by atoms with E-state index in [-0.39, 0.29) is 10.8 Å². The second kappa shape index (κ2) is 6.43.